The molecule has 1 saturated heterocycles. The molecule has 0 aromatic heterocycles. The summed E-state index contributed by atoms with van der Waals surface area (Å²) in [6.45, 7) is 4.61. The van der Waals surface area contributed by atoms with Gasteiger partial charge in [0.05, 0.1) is 0 Å². The fourth-order valence-electron chi connectivity index (χ4n) is 3.06. The van der Waals surface area contributed by atoms with Crippen LogP contribution in [-0.2, 0) is 15.1 Å². The van der Waals surface area contributed by atoms with Crippen LogP contribution in [0, 0.1) is 6.92 Å². The summed E-state index contributed by atoms with van der Waals surface area (Å²) in [4.78, 5) is 49.7. The lowest BCUT2D eigenvalue weighted by Gasteiger charge is -2.22. The van der Waals surface area contributed by atoms with Gasteiger partial charge in [0, 0.05) is 11.3 Å². The molecule has 4 amide bonds. The number of hydrogen-bond acceptors (Lipinski definition) is 4. The Morgan fingerprint density at radius 3 is 2.21 bits per heavy atom. The first-order chi connectivity index (χ1) is 13.2. The third-order valence-electron chi connectivity index (χ3n) is 4.78. The second kappa shape index (κ2) is 7.26. The van der Waals surface area contributed by atoms with E-state index < -0.39 is 29.9 Å². The maximum Gasteiger partial charge on any atom is 0.325 e. The zero-order chi connectivity index (χ0) is 20.5. The molecular weight excluding hydrogens is 358 g/mol. The second-order valence-corrected chi connectivity index (χ2v) is 6.99. The average molecular weight is 379 g/mol. The molecule has 1 aliphatic heterocycles. The molecule has 1 fully saturated rings. The fourth-order valence-corrected chi connectivity index (χ4v) is 3.06. The van der Waals surface area contributed by atoms with E-state index in [1.54, 1.807) is 43.3 Å². The third-order valence-corrected chi connectivity index (χ3v) is 4.78. The van der Waals surface area contributed by atoms with Crippen LogP contribution >= 0.6 is 0 Å². The van der Waals surface area contributed by atoms with E-state index in [4.69, 9.17) is 0 Å². The highest BCUT2D eigenvalue weighted by Gasteiger charge is 2.49. The Morgan fingerprint density at radius 1 is 1.04 bits per heavy atom. The van der Waals surface area contributed by atoms with Crippen LogP contribution in [0.4, 0.5) is 10.5 Å². The van der Waals surface area contributed by atoms with Gasteiger partial charge in [0.25, 0.3) is 5.91 Å². The van der Waals surface area contributed by atoms with Gasteiger partial charge in [0.1, 0.15) is 12.1 Å². The van der Waals surface area contributed by atoms with Gasteiger partial charge in [-0.3, -0.25) is 19.3 Å². The number of imide groups is 1. The number of Topliss-reactive ketones (excluding diaryl/α,β-unsaturated/α-hetero) is 1. The molecule has 0 aliphatic carbocycles. The first kappa shape index (κ1) is 19.3. The fraction of sp³-hybridized carbons (Fsp3) is 0.238. The van der Waals surface area contributed by atoms with Crippen LogP contribution in [0.15, 0.2) is 48.5 Å². The minimum atomic E-state index is -1.21. The number of carbonyl (C=O) groups excluding carboxylic acids is 4. The van der Waals surface area contributed by atoms with Crippen molar-refractivity contribution < 1.29 is 19.2 Å². The van der Waals surface area contributed by atoms with Crippen LogP contribution in [0.2, 0.25) is 0 Å². The number of nitrogens with zero attached hydrogens (tertiary/aromatic N) is 1. The predicted octanol–water partition coefficient (Wildman–Crippen LogP) is 2.60. The average Bonchev–Trinajstić information content (AvgIpc) is 2.86. The molecule has 144 valence electrons. The van der Waals surface area contributed by atoms with Crippen LogP contribution in [-0.4, -0.2) is 35.1 Å². The number of benzene rings is 2. The van der Waals surface area contributed by atoms with E-state index in [0.29, 0.717) is 16.8 Å². The number of nitrogens with one attached hydrogen (secondary N) is 2. The summed E-state index contributed by atoms with van der Waals surface area (Å²) in [5, 5.41) is 5.30. The number of amides is 4. The molecule has 3 rings (SSSR count). The first-order valence-electron chi connectivity index (χ1n) is 8.83. The molecule has 28 heavy (non-hydrogen) atoms. The summed E-state index contributed by atoms with van der Waals surface area (Å²) in [6.07, 6.45) is 0. The zero-order valence-corrected chi connectivity index (χ0v) is 15.9. The van der Waals surface area contributed by atoms with Gasteiger partial charge >= 0.3 is 6.03 Å². The lowest BCUT2D eigenvalue weighted by atomic mass is 9.91. The lowest BCUT2D eigenvalue weighted by Crippen LogP contribution is -2.42. The third kappa shape index (κ3) is 3.64. The number of anilines is 1. The van der Waals surface area contributed by atoms with Gasteiger partial charge in [-0.25, -0.2) is 4.79 Å². The van der Waals surface area contributed by atoms with Gasteiger partial charge in [-0.1, -0.05) is 29.8 Å². The minimum absolute atomic E-state index is 0.0763. The van der Waals surface area contributed by atoms with E-state index in [1.807, 2.05) is 19.1 Å². The monoisotopic (exact) mass is 379 g/mol. The standard InChI is InChI=1S/C21H21N3O4/c1-13-4-8-16(9-5-13)21(3)19(27)24(20(28)23-21)12-18(26)22-17-10-6-15(7-11-17)14(2)25/h4-11H,12H2,1-3H3,(H,22,26)(H,23,28)/t21-/m0/s1. The van der Waals surface area contributed by atoms with Gasteiger partial charge in [0.2, 0.25) is 5.91 Å². The molecule has 1 aliphatic rings. The number of urea groups is 1. The van der Waals surface area contributed by atoms with Gasteiger partial charge in [-0.15, -0.1) is 0 Å². The van der Waals surface area contributed by atoms with Crippen molar-refractivity contribution in [3.63, 3.8) is 0 Å². The SMILES string of the molecule is CC(=O)c1ccc(NC(=O)CN2C(=O)N[C@@](C)(c3ccc(C)cc3)C2=O)cc1. The summed E-state index contributed by atoms with van der Waals surface area (Å²) >= 11 is 0. The number of aryl methyl sites for hydroxylation is 1. The van der Waals surface area contributed by atoms with Crippen molar-refractivity contribution in [1.29, 1.82) is 0 Å². The summed E-state index contributed by atoms with van der Waals surface area (Å²) in [6, 6.07) is 13.1. The Kier molecular flexibility index (Phi) is 5.00. The summed E-state index contributed by atoms with van der Waals surface area (Å²) < 4.78 is 0. The lowest BCUT2D eigenvalue weighted by molar-refractivity contribution is -0.133. The van der Waals surface area contributed by atoms with E-state index in [2.05, 4.69) is 10.6 Å². The van der Waals surface area contributed by atoms with Crippen LogP contribution in [0.3, 0.4) is 0 Å². The van der Waals surface area contributed by atoms with E-state index in [1.165, 1.54) is 6.92 Å². The normalized spacial score (nSPS) is 18.8. The molecule has 0 bridgehead atoms. The summed E-state index contributed by atoms with van der Waals surface area (Å²) in [5.74, 6) is -1.07. The van der Waals surface area contributed by atoms with E-state index in [0.717, 1.165) is 10.5 Å². The van der Waals surface area contributed by atoms with Crippen molar-refractivity contribution in [2.45, 2.75) is 26.3 Å². The highest BCUT2D eigenvalue weighted by Crippen LogP contribution is 2.29. The topological polar surface area (TPSA) is 95.6 Å². The summed E-state index contributed by atoms with van der Waals surface area (Å²) in [7, 11) is 0. The van der Waals surface area contributed by atoms with Gasteiger partial charge in [0.15, 0.2) is 5.78 Å². The molecule has 7 nitrogen and oxygen atoms in total. The Labute approximate surface area is 162 Å². The van der Waals surface area contributed by atoms with Crippen LogP contribution in [0.1, 0.15) is 35.3 Å². The number of hydrogen-bond donors (Lipinski definition) is 2. The Bertz CT molecular complexity index is 951. The molecule has 7 heteroatoms. The van der Waals surface area contributed by atoms with Gasteiger partial charge < -0.3 is 10.6 Å². The molecular formula is C21H21N3O4. The van der Waals surface area contributed by atoms with Gasteiger partial charge in [-0.2, -0.15) is 0 Å². The molecule has 0 spiro atoms. The molecule has 2 N–H and O–H groups in total. The molecule has 0 radical (unpaired) electrons. The molecule has 1 atom stereocenters. The number of rotatable bonds is 5. The van der Waals surface area contributed by atoms with E-state index >= 15 is 0 Å². The van der Waals surface area contributed by atoms with E-state index in [-0.39, 0.29) is 5.78 Å². The second-order valence-electron chi connectivity index (χ2n) is 6.99. The smallest absolute Gasteiger partial charge is 0.325 e. The quantitative estimate of drug-likeness (QED) is 0.617. The molecule has 0 saturated carbocycles. The minimum Gasteiger partial charge on any atom is -0.325 e. The molecule has 1 heterocycles. The largest absolute Gasteiger partial charge is 0.325 e. The zero-order valence-electron chi connectivity index (χ0n) is 15.9. The number of carbonyl (C=O) groups is 4. The van der Waals surface area contributed by atoms with Crippen molar-refractivity contribution in [2.75, 3.05) is 11.9 Å². The first-order valence-corrected chi connectivity index (χ1v) is 8.83. The van der Waals surface area contributed by atoms with Crippen molar-refractivity contribution >= 4 is 29.3 Å². The predicted molar refractivity (Wildman–Crippen MR) is 104 cm³/mol. The van der Waals surface area contributed by atoms with Crippen molar-refractivity contribution in [1.82, 2.24) is 10.2 Å². The molecule has 2 aromatic carbocycles. The molecule has 2 aromatic rings. The number of ketones is 1. The van der Waals surface area contributed by atoms with Crippen molar-refractivity contribution in [3.8, 4) is 0 Å². The highest BCUT2D eigenvalue weighted by atomic mass is 16.2. The Balaban J connectivity index is 1.70. The van der Waals surface area contributed by atoms with Gasteiger partial charge in [-0.05, 0) is 50.6 Å². The Morgan fingerprint density at radius 2 is 1.64 bits per heavy atom. The van der Waals surface area contributed by atoms with E-state index in [9.17, 15) is 19.2 Å². The maximum atomic E-state index is 12.9. The van der Waals surface area contributed by atoms with Crippen LogP contribution < -0.4 is 10.6 Å². The summed E-state index contributed by atoms with van der Waals surface area (Å²) in [5.41, 5.74) is 1.48. The maximum absolute atomic E-state index is 12.9. The van der Waals surface area contributed by atoms with Crippen LogP contribution in [0.25, 0.3) is 0 Å². The van der Waals surface area contributed by atoms with Crippen molar-refractivity contribution in [2.24, 2.45) is 0 Å². The Hall–Kier alpha value is -3.48. The van der Waals surface area contributed by atoms with Crippen LogP contribution in [0.5, 0.6) is 0 Å². The highest BCUT2D eigenvalue weighted by molar-refractivity contribution is 6.10. The van der Waals surface area contributed by atoms with Crippen molar-refractivity contribution in [3.05, 3.63) is 65.2 Å². The molecule has 0 unspecified atom stereocenters.